The lowest BCUT2D eigenvalue weighted by atomic mass is 9.96. The molecule has 1 heterocycles. The van der Waals surface area contributed by atoms with E-state index in [0.717, 1.165) is 11.4 Å². The summed E-state index contributed by atoms with van der Waals surface area (Å²) in [5.41, 5.74) is 1.50. The number of benzene rings is 1. The number of aromatic nitrogens is 3. The molecule has 20 heavy (non-hydrogen) atoms. The van der Waals surface area contributed by atoms with Crippen molar-refractivity contribution in [1.29, 1.82) is 5.26 Å². The summed E-state index contributed by atoms with van der Waals surface area (Å²) in [6, 6.07) is 9.71. The number of thioether (sulfide) groups is 1. The Morgan fingerprint density at radius 1 is 1.30 bits per heavy atom. The zero-order valence-electron chi connectivity index (χ0n) is 11.8. The van der Waals surface area contributed by atoms with E-state index in [1.165, 1.54) is 16.4 Å². The lowest BCUT2D eigenvalue weighted by molar-refractivity contribution is 0.523. The van der Waals surface area contributed by atoms with E-state index in [2.05, 4.69) is 16.3 Å². The largest absolute Gasteiger partial charge is 0.336 e. The van der Waals surface area contributed by atoms with Gasteiger partial charge in [-0.1, -0.05) is 50.7 Å². The van der Waals surface area contributed by atoms with Crippen molar-refractivity contribution in [2.75, 3.05) is 5.84 Å². The summed E-state index contributed by atoms with van der Waals surface area (Å²) in [6.07, 6.45) is 0. The second kappa shape index (κ2) is 5.55. The number of rotatable bonds is 3. The Hall–Kier alpha value is -2.00. The van der Waals surface area contributed by atoms with Gasteiger partial charge in [0.05, 0.1) is 11.6 Å². The standard InChI is InChI=1S/C14H17N5S/c1-14(2,3)12-17-18-13(19(12)16)20-9-11-7-5-4-6-10(11)8-15/h4-7H,9,16H2,1-3H3. The molecule has 104 valence electrons. The van der Waals surface area contributed by atoms with Crippen LogP contribution in [0.25, 0.3) is 0 Å². The first-order valence-corrected chi connectivity index (χ1v) is 7.24. The van der Waals surface area contributed by atoms with Gasteiger partial charge in [0, 0.05) is 11.2 Å². The van der Waals surface area contributed by atoms with E-state index >= 15 is 0 Å². The summed E-state index contributed by atoms with van der Waals surface area (Å²) in [4.78, 5) is 0. The summed E-state index contributed by atoms with van der Waals surface area (Å²) in [5, 5.41) is 18.0. The van der Waals surface area contributed by atoms with Crippen molar-refractivity contribution in [2.24, 2.45) is 0 Å². The zero-order chi connectivity index (χ0) is 14.8. The number of nitrogens with two attached hydrogens (primary N) is 1. The molecule has 2 aromatic rings. The molecule has 1 aromatic heterocycles. The minimum Gasteiger partial charge on any atom is -0.336 e. The summed E-state index contributed by atoms with van der Waals surface area (Å²) in [6.45, 7) is 6.12. The van der Waals surface area contributed by atoms with Gasteiger partial charge in [-0.3, -0.25) is 0 Å². The Kier molecular flexibility index (Phi) is 4.00. The molecule has 2 N–H and O–H groups in total. The molecule has 0 fully saturated rings. The highest BCUT2D eigenvalue weighted by molar-refractivity contribution is 7.98. The maximum absolute atomic E-state index is 9.06. The maximum atomic E-state index is 9.06. The normalized spacial score (nSPS) is 11.3. The Labute approximate surface area is 122 Å². The van der Waals surface area contributed by atoms with Crippen molar-refractivity contribution < 1.29 is 0 Å². The molecule has 0 saturated heterocycles. The number of nitriles is 1. The Balaban J connectivity index is 2.17. The monoisotopic (exact) mass is 287 g/mol. The topological polar surface area (TPSA) is 80.5 Å². The molecule has 0 aliphatic rings. The lowest BCUT2D eigenvalue weighted by Crippen LogP contribution is -2.24. The third-order valence-electron chi connectivity index (χ3n) is 2.83. The quantitative estimate of drug-likeness (QED) is 0.692. The van der Waals surface area contributed by atoms with E-state index in [0.29, 0.717) is 16.5 Å². The molecule has 2 rings (SSSR count). The molecule has 0 radical (unpaired) electrons. The Bertz CT molecular complexity index is 648. The van der Waals surface area contributed by atoms with Gasteiger partial charge in [0.2, 0.25) is 5.16 Å². The van der Waals surface area contributed by atoms with Crippen LogP contribution in [0.4, 0.5) is 0 Å². The number of nitrogen functional groups attached to an aromatic ring is 1. The van der Waals surface area contributed by atoms with E-state index < -0.39 is 0 Å². The van der Waals surface area contributed by atoms with Crippen LogP contribution in [-0.4, -0.2) is 14.9 Å². The highest BCUT2D eigenvalue weighted by atomic mass is 32.2. The lowest BCUT2D eigenvalue weighted by Gasteiger charge is -2.16. The molecular formula is C14H17N5S. The van der Waals surface area contributed by atoms with Crippen LogP contribution in [0.2, 0.25) is 0 Å². The minimum absolute atomic E-state index is 0.148. The van der Waals surface area contributed by atoms with Gasteiger partial charge in [0.15, 0.2) is 5.82 Å². The molecule has 1 aromatic carbocycles. The van der Waals surface area contributed by atoms with Crippen LogP contribution in [0.15, 0.2) is 29.4 Å². The van der Waals surface area contributed by atoms with Crippen LogP contribution in [0, 0.1) is 11.3 Å². The van der Waals surface area contributed by atoms with E-state index in [4.69, 9.17) is 11.1 Å². The van der Waals surface area contributed by atoms with Crippen LogP contribution in [0.3, 0.4) is 0 Å². The van der Waals surface area contributed by atoms with Crippen molar-refractivity contribution >= 4 is 11.8 Å². The van der Waals surface area contributed by atoms with Gasteiger partial charge in [-0.2, -0.15) is 5.26 Å². The van der Waals surface area contributed by atoms with Crippen LogP contribution < -0.4 is 5.84 Å². The van der Waals surface area contributed by atoms with Crippen LogP contribution in [-0.2, 0) is 11.2 Å². The SMILES string of the molecule is CC(C)(C)c1nnc(SCc2ccccc2C#N)n1N. The first-order chi connectivity index (χ1) is 9.43. The molecule has 6 heteroatoms. The highest BCUT2D eigenvalue weighted by Gasteiger charge is 2.23. The summed E-state index contributed by atoms with van der Waals surface area (Å²) in [7, 11) is 0. The molecule has 0 saturated carbocycles. The Morgan fingerprint density at radius 3 is 2.60 bits per heavy atom. The van der Waals surface area contributed by atoms with Gasteiger partial charge in [-0.25, -0.2) is 4.68 Å². The molecule has 0 spiro atoms. The molecule has 5 nitrogen and oxygen atoms in total. The van der Waals surface area contributed by atoms with Gasteiger partial charge in [0.25, 0.3) is 0 Å². The molecular weight excluding hydrogens is 270 g/mol. The first-order valence-electron chi connectivity index (χ1n) is 6.25. The van der Waals surface area contributed by atoms with Gasteiger partial charge in [-0.15, -0.1) is 10.2 Å². The number of hydrogen-bond donors (Lipinski definition) is 1. The second-order valence-corrected chi connectivity index (χ2v) is 6.43. The molecule has 0 aliphatic heterocycles. The maximum Gasteiger partial charge on any atom is 0.210 e. The molecule has 0 amide bonds. The molecule has 0 unspecified atom stereocenters. The fourth-order valence-corrected chi connectivity index (χ4v) is 2.64. The van der Waals surface area contributed by atoms with Gasteiger partial charge < -0.3 is 5.84 Å². The first kappa shape index (κ1) is 14.4. The van der Waals surface area contributed by atoms with Gasteiger partial charge in [0.1, 0.15) is 0 Å². The minimum atomic E-state index is -0.148. The average molecular weight is 287 g/mol. The van der Waals surface area contributed by atoms with E-state index in [1.807, 2.05) is 45.0 Å². The van der Waals surface area contributed by atoms with Crippen molar-refractivity contribution in [3.8, 4) is 6.07 Å². The van der Waals surface area contributed by atoms with E-state index in [1.54, 1.807) is 0 Å². The highest BCUT2D eigenvalue weighted by Crippen LogP contribution is 2.26. The van der Waals surface area contributed by atoms with Gasteiger partial charge in [-0.05, 0) is 11.6 Å². The fraction of sp³-hybridized carbons (Fsp3) is 0.357. The van der Waals surface area contributed by atoms with E-state index in [9.17, 15) is 0 Å². The molecule has 0 aliphatic carbocycles. The van der Waals surface area contributed by atoms with Crippen molar-refractivity contribution in [3.63, 3.8) is 0 Å². The van der Waals surface area contributed by atoms with E-state index in [-0.39, 0.29) is 5.41 Å². The summed E-state index contributed by atoms with van der Waals surface area (Å²) in [5.74, 6) is 7.42. The predicted molar refractivity (Wildman–Crippen MR) is 79.6 cm³/mol. The number of hydrogen-bond acceptors (Lipinski definition) is 5. The van der Waals surface area contributed by atoms with Crippen LogP contribution in [0.1, 0.15) is 37.7 Å². The van der Waals surface area contributed by atoms with Gasteiger partial charge >= 0.3 is 0 Å². The van der Waals surface area contributed by atoms with Crippen molar-refractivity contribution in [2.45, 2.75) is 37.1 Å². The molecule has 0 bridgehead atoms. The third kappa shape index (κ3) is 2.94. The van der Waals surface area contributed by atoms with Crippen LogP contribution >= 0.6 is 11.8 Å². The summed E-state index contributed by atoms with van der Waals surface area (Å²) >= 11 is 1.48. The fourth-order valence-electron chi connectivity index (χ4n) is 1.78. The Morgan fingerprint density at radius 2 is 2.00 bits per heavy atom. The predicted octanol–water partition coefficient (Wildman–Crippen LogP) is 2.45. The smallest absolute Gasteiger partial charge is 0.210 e. The van der Waals surface area contributed by atoms with Crippen LogP contribution in [0.5, 0.6) is 0 Å². The zero-order valence-corrected chi connectivity index (χ0v) is 12.6. The third-order valence-corrected chi connectivity index (χ3v) is 3.82. The summed E-state index contributed by atoms with van der Waals surface area (Å²) < 4.78 is 1.53. The van der Waals surface area contributed by atoms with Crippen molar-refractivity contribution in [3.05, 3.63) is 41.2 Å². The second-order valence-electron chi connectivity index (χ2n) is 5.48. The number of nitrogens with zero attached hydrogens (tertiary/aromatic N) is 4. The van der Waals surface area contributed by atoms with Crippen molar-refractivity contribution in [1.82, 2.24) is 14.9 Å². The average Bonchev–Trinajstić information content (AvgIpc) is 2.78. The molecule has 0 atom stereocenters.